The van der Waals surface area contributed by atoms with E-state index in [0.29, 0.717) is 36.8 Å². The van der Waals surface area contributed by atoms with Gasteiger partial charge >= 0.3 is 0 Å². The Morgan fingerprint density at radius 3 is 2.15 bits per heavy atom. The highest BCUT2D eigenvalue weighted by atomic mass is 35.5. The molecule has 2 aliphatic rings. The average molecular weight is 378 g/mol. The second kappa shape index (κ2) is 8.54. The highest BCUT2D eigenvalue weighted by Crippen LogP contribution is 2.24. The molecule has 7 heteroatoms. The van der Waals surface area contributed by atoms with Crippen LogP contribution in [0.3, 0.4) is 0 Å². The van der Waals surface area contributed by atoms with E-state index in [0.717, 1.165) is 25.7 Å². The molecule has 1 saturated heterocycles. The Morgan fingerprint density at radius 1 is 0.962 bits per heavy atom. The van der Waals surface area contributed by atoms with E-state index in [1.165, 1.54) is 0 Å². The van der Waals surface area contributed by atoms with Gasteiger partial charge in [0.25, 0.3) is 5.91 Å². The average Bonchev–Trinajstić information content (AvgIpc) is 3.21. The number of amides is 3. The van der Waals surface area contributed by atoms with Crippen LogP contribution in [-0.2, 0) is 9.59 Å². The highest BCUT2D eigenvalue weighted by molar-refractivity contribution is 6.30. The summed E-state index contributed by atoms with van der Waals surface area (Å²) >= 11 is 5.85. The highest BCUT2D eigenvalue weighted by Gasteiger charge is 2.26. The Hall–Kier alpha value is -2.08. The first-order valence-electron chi connectivity index (χ1n) is 9.15. The number of hydrogen-bond acceptors (Lipinski definition) is 3. The van der Waals surface area contributed by atoms with E-state index in [1.807, 2.05) is 0 Å². The van der Waals surface area contributed by atoms with E-state index in [2.05, 4.69) is 5.32 Å². The molecule has 1 aliphatic carbocycles. The monoisotopic (exact) mass is 377 g/mol. The van der Waals surface area contributed by atoms with Crippen LogP contribution < -0.4 is 5.32 Å². The number of hydrogen-bond donors (Lipinski definition) is 1. The summed E-state index contributed by atoms with van der Waals surface area (Å²) < 4.78 is 0. The van der Waals surface area contributed by atoms with Crippen molar-refractivity contribution in [2.24, 2.45) is 5.92 Å². The molecule has 0 aromatic heterocycles. The minimum Gasteiger partial charge on any atom is -0.347 e. The predicted octanol–water partition coefficient (Wildman–Crippen LogP) is 1.93. The third-order valence-corrected chi connectivity index (χ3v) is 5.40. The molecule has 1 N–H and O–H groups in total. The Bertz CT molecular complexity index is 663. The SMILES string of the molecule is O=C(NCC(=O)N1CCN(C(=O)c2ccc(Cl)cc2)CC1)C1CCCC1. The van der Waals surface area contributed by atoms with Crippen molar-refractivity contribution in [2.45, 2.75) is 25.7 Å². The summed E-state index contributed by atoms with van der Waals surface area (Å²) in [6, 6.07) is 6.81. The largest absolute Gasteiger partial charge is 0.347 e. The molecule has 140 valence electrons. The zero-order chi connectivity index (χ0) is 18.5. The van der Waals surface area contributed by atoms with Gasteiger partial charge in [-0.1, -0.05) is 24.4 Å². The topological polar surface area (TPSA) is 69.7 Å². The summed E-state index contributed by atoms with van der Waals surface area (Å²) in [6.07, 6.45) is 4.03. The third-order valence-electron chi connectivity index (χ3n) is 5.15. The van der Waals surface area contributed by atoms with Gasteiger partial charge in [0.05, 0.1) is 6.54 Å². The van der Waals surface area contributed by atoms with Crippen LogP contribution in [0.2, 0.25) is 5.02 Å². The number of rotatable bonds is 4. The van der Waals surface area contributed by atoms with Gasteiger partial charge in [-0.25, -0.2) is 0 Å². The van der Waals surface area contributed by atoms with Crippen molar-refractivity contribution in [1.29, 1.82) is 0 Å². The Labute approximate surface area is 158 Å². The predicted molar refractivity (Wildman–Crippen MR) is 98.9 cm³/mol. The quantitative estimate of drug-likeness (QED) is 0.871. The van der Waals surface area contributed by atoms with Crippen LogP contribution in [0.1, 0.15) is 36.0 Å². The maximum absolute atomic E-state index is 12.5. The van der Waals surface area contributed by atoms with Crippen LogP contribution in [0.5, 0.6) is 0 Å². The molecule has 1 aromatic carbocycles. The van der Waals surface area contributed by atoms with Gasteiger partial charge in [-0.15, -0.1) is 0 Å². The van der Waals surface area contributed by atoms with E-state index in [-0.39, 0.29) is 30.2 Å². The van der Waals surface area contributed by atoms with Gasteiger partial charge in [-0.05, 0) is 37.1 Å². The zero-order valence-corrected chi connectivity index (χ0v) is 15.5. The summed E-state index contributed by atoms with van der Waals surface area (Å²) in [6.45, 7) is 1.99. The third kappa shape index (κ3) is 4.55. The lowest BCUT2D eigenvalue weighted by Crippen LogP contribution is -2.52. The first-order chi connectivity index (χ1) is 12.5. The molecular weight excluding hydrogens is 354 g/mol. The van der Waals surface area contributed by atoms with Crippen molar-refractivity contribution in [2.75, 3.05) is 32.7 Å². The van der Waals surface area contributed by atoms with Gasteiger partial charge in [0.2, 0.25) is 11.8 Å². The molecule has 1 aliphatic heterocycles. The fourth-order valence-electron chi connectivity index (χ4n) is 3.54. The molecule has 26 heavy (non-hydrogen) atoms. The summed E-state index contributed by atoms with van der Waals surface area (Å²) in [5, 5.41) is 3.36. The van der Waals surface area contributed by atoms with Gasteiger partial charge in [-0.3, -0.25) is 14.4 Å². The summed E-state index contributed by atoms with van der Waals surface area (Å²) in [4.78, 5) is 40.2. The number of piperazine rings is 1. The van der Waals surface area contributed by atoms with Crippen molar-refractivity contribution >= 4 is 29.3 Å². The van der Waals surface area contributed by atoms with Crippen LogP contribution in [0, 0.1) is 5.92 Å². The van der Waals surface area contributed by atoms with Crippen LogP contribution in [0.15, 0.2) is 24.3 Å². The van der Waals surface area contributed by atoms with Gasteiger partial charge in [0, 0.05) is 42.7 Å². The molecule has 1 saturated carbocycles. The summed E-state index contributed by atoms with van der Waals surface area (Å²) in [5.41, 5.74) is 0.595. The molecule has 6 nitrogen and oxygen atoms in total. The molecule has 2 fully saturated rings. The van der Waals surface area contributed by atoms with Crippen molar-refractivity contribution in [3.05, 3.63) is 34.9 Å². The molecule has 0 bridgehead atoms. The van der Waals surface area contributed by atoms with Gasteiger partial charge in [0.15, 0.2) is 0 Å². The van der Waals surface area contributed by atoms with Crippen molar-refractivity contribution < 1.29 is 14.4 Å². The van der Waals surface area contributed by atoms with E-state index < -0.39 is 0 Å². The Kier molecular flexibility index (Phi) is 6.14. The second-order valence-electron chi connectivity index (χ2n) is 6.88. The van der Waals surface area contributed by atoms with Crippen LogP contribution in [-0.4, -0.2) is 60.2 Å². The zero-order valence-electron chi connectivity index (χ0n) is 14.7. The van der Waals surface area contributed by atoms with Gasteiger partial charge in [-0.2, -0.15) is 0 Å². The summed E-state index contributed by atoms with van der Waals surface area (Å²) in [5.74, 6) is -0.0812. The molecule has 1 heterocycles. The number of halogens is 1. The minimum absolute atomic E-state index is 0.00704. The number of carbonyl (C=O) groups is 3. The lowest BCUT2D eigenvalue weighted by Gasteiger charge is -2.35. The molecular formula is C19H24ClN3O3. The maximum atomic E-state index is 12.5. The molecule has 1 aromatic rings. The van der Waals surface area contributed by atoms with Gasteiger partial charge < -0.3 is 15.1 Å². The normalized spacial score (nSPS) is 18.0. The Balaban J connectivity index is 1.44. The fourth-order valence-corrected chi connectivity index (χ4v) is 3.67. The second-order valence-corrected chi connectivity index (χ2v) is 7.32. The van der Waals surface area contributed by atoms with Crippen molar-refractivity contribution in [1.82, 2.24) is 15.1 Å². The lowest BCUT2D eigenvalue weighted by molar-refractivity contribution is -0.134. The number of benzene rings is 1. The molecule has 3 rings (SSSR count). The minimum atomic E-state index is -0.0880. The molecule has 3 amide bonds. The standard InChI is InChI=1S/C19H24ClN3O3/c20-16-7-5-15(6-8-16)19(26)23-11-9-22(10-12-23)17(24)13-21-18(25)14-3-1-2-4-14/h5-8,14H,1-4,9-13H2,(H,21,25). The van der Waals surface area contributed by atoms with E-state index in [4.69, 9.17) is 11.6 Å². The molecule has 0 spiro atoms. The number of carbonyl (C=O) groups excluding carboxylic acids is 3. The Morgan fingerprint density at radius 2 is 1.54 bits per heavy atom. The van der Waals surface area contributed by atoms with E-state index in [9.17, 15) is 14.4 Å². The van der Waals surface area contributed by atoms with Gasteiger partial charge in [0.1, 0.15) is 0 Å². The van der Waals surface area contributed by atoms with E-state index >= 15 is 0 Å². The number of nitrogens with zero attached hydrogens (tertiary/aromatic N) is 2. The molecule has 0 radical (unpaired) electrons. The maximum Gasteiger partial charge on any atom is 0.253 e. The molecule has 0 atom stereocenters. The summed E-state index contributed by atoms with van der Waals surface area (Å²) in [7, 11) is 0. The lowest BCUT2D eigenvalue weighted by atomic mass is 10.1. The first kappa shape index (κ1) is 18.7. The first-order valence-corrected chi connectivity index (χ1v) is 9.53. The van der Waals surface area contributed by atoms with Crippen LogP contribution >= 0.6 is 11.6 Å². The van der Waals surface area contributed by atoms with E-state index in [1.54, 1.807) is 34.1 Å². The fraction of sp³-hybridized carbons (Fsp3) is 0.526. The van der Waals surface area contributed by atoms with Crippen LogP contribution in [0.4, 0.5) is 0 Å². The van der Waals surface area contributed by atoms with Crippen molar-refractivity contribution in [3.8, 4) is 0 Å². The molecule has 0 unspecified atom stereocenters. The van der Waals surface area contributed by atoms with Crippen molar-refractivity contribution in [3.63, 3.8) is 0 Å². The number of nitrogens with one attached hydrogen (secondary N) is 1. The smallest absolute Gasteiger partial charge is 0.253 e. The van der Waals surface area contributed by atoms with Crippen LogP contribution in [0.25, 0.3) is 0 Å².